The highest BCUT2D eigenvalue weighted by atomic mass is 16.7. The second-order valence-corrected chi connectivity index (χ2v) is 7.79. The van der Waals surface area contributed by atoms with E-state index in [0.717, 1.165) is 47.9 Å². The summed E-state index contributed by atoms with van der Waals surface area (Å²) in [6.07, 6.45) is 0. The number of rotatable bonds is 4. The summed E-state index contributed by atoms with van der Waals surface area (Å²) >= 11 is 0. The number of ether oxygens (including phenoxy) is 2. The van der Waals surface area contributed by atoms with Crippen LogP contribution in [0.2, 0.25) is 0 Å². The molecule has 2 amide bonds. The third-order valence-electron chi connectivity index (χ3n) is 5.76. The minimum atomic E-state index is -0.0499. The van der Waals surface area contributed by atoms with E-state index in [1.807, 2.05) is 59.5 Å². The van der Waals surface area contributed by atoms with Crippen LogP contribution in [0.3, 0.4) is 0 Å². The lowest BCUT2D eigenvalue weighted by Crippen LogP contribution is -2.49. The molecule has 2 heterocycles. The first-order valence-electron chi connectivity index (χ1n) is 10.6. The Morgan fingerprint density at radius 3 is 2.42 bits per heavy atom. The van der Waals surface area contributed by atoms with Crippen molar-refractivity contribution in [3.63, 3.8) is 0 Å². The van der Waals surface area contributed by atoms with E-state index in [1.54, 1.807) is 0 Å². The van der Waals surface area contributed by atoms with Crippen LogP contribution in [-0.2, 0) is 6.54 Å². The van der Waals surface area contributed by atoms with Gasteiger partial charge in [-0.25, -0.2) is 4.79 Å². The first-order valence-corrected chi connectivity index (χ1v) is 10.6. The van der Waals surface area contributed by atoms with Crippen molar-refractivity contribution in [1.82, 2.24) is 9.80 Å². The highest BCUT2D eigenvalue weighted by molar-refractivity contribution is 5.94. The van der Waals surface area contributed by atoms with Crippen molar-refractivity contribution in [2.75, 3.05) is 38.3 Å². The number of hydrogen-bond acceptors (Lipinski definition) is 4. The number of hydrogen-bond donors (Lipinski definition) is 1. The van der Waals surface area contributed by atoms with Gasteiger partial charge in [-0.3, -0.25) is 4.90 Å². The fraction of sp³-hybridized carbons (Fsp3) is 0.240. The molecule has 0 aromatic heterocycles. The van der Waals surface area contributed by atoms with Crippen molar-refractivity contribution >= 4 is 11.7 Å². The molecule has 6 heteroatoms. The van der Waals surface area contributed by atoms with E-state index < -0.39 is 0 Å². The Morgan fingerprint density at radius 2 is 1.58 bits per heavy atom. The first kappa shape index (κ1) is 19.5. The Morgan fingerprint density at radius 1 is 0.839 bits per heavy atom. The number of nitrogens with one attached hydrogen (secondary N) is 1. The van der Waals surface area contributed by atoms with Gasteiger partial charge in [-0.15, -0.1) is 0 Å². The van der Waals surface area contributed by atoms with Gasteiger partial charge in [0.1, 0.15) is 0 Å². The van der Waals surface area contributed by atoms with Crippen molar-refractivity contribution in [2.45, 2.75) is 6.54 Å². The minimum absolute atomic E-state index is 0.0499. The molecular weight excluding hydrogens is 390 g/mol. The van der Waals surface area contributed by atoms with E-state index >= 15 is 0 Å². The van der Waals surface area contributed by atoms with Gasteiger partial charge in [-0.05, 0) is 29.3 Å². The van der Waals surface area contributed by atoms with E-state index in [0.29, 0.717) is 19.9 Å². The molecule has 2 aliphatic rings. The molecule has 1 saturated heterocycles. The van der Waals surface area contributed by atoms with Crippen molar-refractivity contribution in [3.8, 4) is 22.6 Å². The zero-order valence-electron chi connectivity index (χ0n) is 17.3. The van der Waals surface area contributed by atoms with Gasteiger partial charge in [0.15, 0.2) is 11.5 Å². The highest BCUT2D eigenvalue weighted by Gasteiger charge is 2.22. The topological polar surface area (TPSA) is 54.0 Å². The van der Waals surface area contributed by atoms with Crippen LogP contribution >= 0.6 is 0 Å². The Kier molecular flexibility index (Phi) is 5.46. The van der Waals surface area contributed by atoms with Crippen LogP contribution in [0.15, 0.2) is 72.8 Å². The van der Waals surface area contributed by atoms with Gasteiger partial charge in [0.05, 0.1) is 5.69 Å². The summed E-state index contributed by atoms with van der Waals surface area (Å²) in [4.78, 5) is 17.2. The number of urea groups is 1. The Hall–Kier alpha value is -3.51. The number of fused-ring (bicyclic) bond motifs is 1. The molecule has 3 aromatic rings. The first-order chi connectivity index (χ1) is 15.3. The largest absolute Gasteiger partial charge is 0.454 e. The van der Waals surface area contributed by atoms with Gasteiger partial charge in [0.2, 0.25) is 6.79 Å². The lowest BCUT2D eigenvalue weighted by Gasteiger charge is -2.34. The highest BCUT2D eigenvalue weighted by Crippen LogP contribution is 2.33. The number of para-hydroxylation sites is 1. The molecule has 0 radical (unpaired) electrons. The Bertz CT molecular complexity index is 1060. The molecule has 0 aliphatic carbocycles. The summed E-state index contributed by atoms with van der Waals surface area (Å²) < 4.78 is 10.9. The third-order valence-corrected chi connectivity index (χ3v) is 5.76. The zero-order valence-corrected chi connectivity index (χ0v) is 17.3. The number of nitrogens with zero attached hydrogens (tertiary/aromatic N) is 2. The summed E-state index contributed by atoms with van der Waals surface area (Å²) in [5.41, 5.74) is 4.14. The fourth-order valence-corrected chi connectivity index (χ4v) is 4.06. The van der Waals surface area contributed by atoms with Crippen molar-refractivity contribution in [1.29, 1.82) is 0 Å². The molecule has 5 rings (SSSR count). The number of benzene rings is 3. The van der Waals surface area contributed by atoms with Gasteiger partial charge in [-0.1, -0.05) is 54.6 Å². The summed E-state index contributed by atoms with van der Waals surface area (Å²) in [5, 5.41) is 3.11. The second kappa shape index (κ2) is 8.70. The van der Waals surface area contributed by atoms with Gasteiger partial charge < -0.3 is 19.7 Å². The summed E-state index contributed by atoms with van der Waals surface area (Å²) in [7, 11) is 0. The van der Waals surface area contributed by atoms with Crippen LogP contribution < -0.4 is 14.8 Å². The van der Waals surface area contributed by atoms with E-state index in [2.05, 4.69) is 28.4 Å². The van der Waals surface area contributed by atoms with Gasteiger partial charge in [-0.2, -0.15) is 0 Å². The molecule has 3 aromatic carbocycles. The fourth-order valence-electron chi connectivity index (χ4n) is 4.06. The van der Waals surface area contributed by atoms with Crippen LogP contribution in [0.1, 0.15) is 5.56 Å². The molecule has 0 saturated carbocycles. The van der Waals surface area contributed by atoms with Crippen LogP contribution in [0.4, 0.5) is 10.5 Å². The van der Waals surface area contributed by atoms with E-state index in [-0.39, 0.29) is 6.03 Å². The van der Waals surface area contributed by atoms with E-state index in [4.69, 9.17) is 9.47 Å². The normalized spacial score (nSPS) is 15.7. The van der Waals surface area contributed by atoms with Crippen molar-refractivity contribution < 1.29 is 14.3 Å². The van der Waals surface area contributed by atoms with E-state index in [1.165, 1.54) is 5.56 Å². The van der Waals surface area contributed by atoms with Crippen LogP contribution in [-0.4, -0.2) is 48.8 Å². The van der Waals surface area contributed by atoms with E-state index in [9.17, 15) is 4.79 Å². The molecule has 0 spiro atoms. The average molecular weight is 415 g/mol. The number of amides is 2. The van der Waals surface area contributed by atoms with Crippen molar-refractivity contribution in [2.24, 2.45) is 0 Å². The molecule has 0 atom stereocenters. The van der Waals surface area contributed by atoms with Crippen LogP contribution in [0.25, 0.3) is 11.1 Å². The molecule has 0 bridgehead atoms. The molecule has 2 aliphatic heterocycles. The molecule has 1 N–H and O–H groups in total. The monoisotopic (exact) mass is 415 g/mol. The Balaban J connectivity index is 1.18. The smallest absolute Gasteiger partial charge is 0.321 e. The molecule has 6 nitrogen and oxygen atoms in total. The van der Waals surface area contributed by atoms with Gasteiger partial charge in [0, 0.05) is 38.3 Å². The minimum Gasteiger partial charge on any atom is -0.454 e. The number of anilines is 1. The third kappa shape index (κ3) is 4.34. The summed E-state index contributed by atoms with van der Waals surface area (Å²) in [6, 6.07) is 24.1. The molecule has 1 fully saturated rings. The van der Waals surface area contributed by atoms with Crippen LogP contribution in [0, 0.1) is 0 Å². The molecule has 158 valence electrons. The maximum Gasteiger partial charge on any atom is 0.321 e. The Labute approximate surface area is 182 Å². The average Bonchev–Trinajstić information content (AvgIpc) is 3.28. The number of carbonyl (C=O) groups excluding carboxylic acids is 1. The molecule has 31 heavy (non-hydrogen) atoms. The lowest BCUT2D eigenvalue weighted by atomic mass is 10.0. The van der Waals surface area contributed by atoms with Gasteiger partial charge in [0.25, 0.3) is 0 Å². The number of piperazine rings is 1. The SMILES string of the molecule is O=C(Nc1ccccc1-c1ccccc1)N1CCN(Cc2ccc3c(c2)OCO3)CC1. The van der Waals surface area contributed by atoms with Gasteiger partial charge >= 0.3 is 6.03 Å². The van der Waals surface area contributed by atoms with Crippen molar-refractivity contribution in [3.05, 3.63) is 78.4 Å². The summed E-state index contributed by atoms with van der Waals surface area (Å²) in [5.74, 6) is 1.62. The standard InChI is InChI=1S/C25H25N3O3/c29-25(26-22-9-5-4-8-21(22)20-6-2-1-3-7-20)28-14-12-27(13-15-28)17-19-10-11-23-24(16-19)31-18-30-23/h1-11,16H,12-15,17-18H2,(H,26,29). The predicted molar refractivity (Wildman–Crippen MR) is 120 cm³/mol. The predicted octanol–water partition coefficient (Wildman–Crippen LogP) is 4.43. The molecule has 0 unspecified atom stereocenters. The quantitative estimate of drug-likeness (QED) is 0.685. The molecular formula is C25H25N3O3. The lowest BCUT2D eigenvalue weighted by molar-refractivity contribution is 0.143. The maximum atomic E-state index is 12.9. The maximum absolute atomic E-state index is 12.9. The summed E-state index contributed by atoms with van der Waals surface area (Å²) in [6.45, 7) is 4.20. The second-order valence-electron chi connectivity index (χ2n) is 7.79. The number of carbonyl (C=O) groups is 1. The zero-order chi connectivity index (χ0) is 21.0. The van der Waals surface area contributed by atoms with Crippen LogP contribution in [0.5, 0.6) is 11.5 Å².